The second-order valence-electron chi connectivity index (χ2n) is 19.0. The molecule has 1 aliphatic heterocycles. The molecule has 68 heavy (non-hydrogen) atoms. The zero-order valence-electron chi connectivity index (χ0n) is 38.0. The smallest absolute Gasteiger partial charge is 0.193 e. The number of ketones is 1. The highest BCUT2D eigenvalue weighted by atomic mass is 16.1. The average Bonchev–Trinajstić information content (AvgIpc) is 3.87. The Hall–Kier alpha value is -8.07. The summed E-state index contributed by atoms with van der Waals surface area (Å²) in [5.74, 6) is 0.633. The largest absolute Gasteiger partial charge is 0.310 e. The van der Waals surface area contributed by atoms with Gasteiger partial charge in [0.1, 0.15) is 0 Å². The molecule has 9 aromatic carbocycles. The number of nitrogens with zero attached hydrogens (tertiary/aromatic N) is 1. The van der Waals surface area contributed by atoms with Crippen molar-refractivity contribution in [3.8, 4) is 22.3 Å². The van der Waals surface area contributed by atoms with E-state index in [-0.39, 0.29) is 17.1 Å². The molecule has 0 N–H and O–H groups in total. The molecule has 1 heterocycles. The number of hydrogen-bond acceptors (Lipinski definition) is 2. The number of carbonyl (C=O) groups is 1. The number of carbonyl (C=O) groups excluding carboxylic acids is 1. The Morgan fingerprint density at radius 3 is 1.40 bits per heavy atom. The second-order valence-corrected chi connectivity index (χ2v) is 19.0. The lowest BCUT2D eigenvalue weighted by molar-refractivity contribution is 0.103. The van der Waals surface area contributed by atoms with Crippen molar-refractivity contribution in [2.75, 3.05) is 4.90 Å². The van der Waals surface area contributed by atoms with Gasteiger partial charge in [0.2, 0.25) is 0 Å². The first-order valence-corrected chi connectivity index (χ1v) is 24.1. The maximum absolute atomic E-state index is 14.2. The third-order valence-electron chi connectivity index (χ3n) is 15.7. The van der Waals surface area contributed by atoms with Crippen LogP contribution in [0.15, 0.2) is 243 Å². The van der Waals surface area contributed by atoms with Gasteiger partial charge in [-0.15, -0.1) is 0 Å². The molecule has 0 saturated heterocycles. The summed E-state index contributed by atoms with van der Waals surface area (Å²) in [5.41, 5.74) is 21.0. The minimum absolute atomic E-state index is 0.0234. The van der Waals surface area contributed by atoms with Crippen molar-refractivity contribution >= 4 is 22.8 Å². The summed E-state index contributed by atoms with van der Waals surface area (Å²) in [6.45, 7) is 2.37. The van der Waals surface area contributed by atoms with Crippen molar-refractivity contribution in [2.24, 2.45) is 11.8 Å². The number of benzene rings is 9. The molecule has 9 aromatic rings. The topological polar surface area (TPSA) is 20.3 Å². The van der Waals surface area contributed by atoms with Gasteiger partial charge in [-0.25, -0.2) is 0 Å². The van der Waals surface area contributed by atoms with E-state index >= 15 is 0 Å². The SMILES string of the molecule is CC1C=CC=CC1C1(c2ccccc2CCc2ccc(C(=O)c3ccc(N4c5ccccc5C5(c6ccccc6-c6ccccc65)c5ccccc54)cc3)cc2)c2ccccc2-c2ccccc21. The highest BCUT2D eigenvalue weighted by Crippen LogP contribution is 2.63. The Morgan fingerprint density at radius 1 is 0.426 bits per heavy atom. The van der Waals surface area contributed by atoms with Gasteiger partial charge in [0, 0.05) is 22.7 Å². The monoisotopic (exact) mass is 871 g/mol. The van der Waals surface area contributed by atoms with E-state index in [0.29, 0.717) is 17.0 Å². The normalized spacial score (nSPS) is 17.2. The number of fused-ring (bicyclic) bond motifs is 12. The van der Waals surface area contributed by atoms with E-state index in [2.05, 4.69) is 230 Å². The van der Waals surface area contributed by atoms with Gasteiger partial charge >= 0.3 is 0 Å². The molecular weight excluding hydrogens is 823 g/mol. The van der Waals surface area contributed by atoms with E-state index in [1.54, 1.807) is 0 Å². The summed E-state index contributed by atoms with van der Waals surface area (Å²) in [7, 11) is 0. The summed E-state index contributed by atoms with van der Waals surface area (Å²) in [4.78, 5) is 16.6. The van der Waals surface area contributed by atoms with Gasteiger partial charge < -0.3 is 4.90 Å². The van der Waals surface area contributed by atoms with Crippen LogP contribution in [0.3, 0.4) is 0 Å². The van der Waals surface area contributed by atoms with Crippen molar-refractivity contribution in [2.45, 2.75) is 30.6 Å². The van der Waals surface area contributed by atoms with Crippen LogP contribution in [0.4, 0.5) is 17.1 Å². The van der Waals surface area contributed by atoms with Crippen molar-refractivity contribution < 1.29 is 4.79 Å². The molecule has 2 atom stereocenters. The molecule has 2 unspecified atom stereocenters. The fourth-order valence-corrected chi connectivity index (χ4v) is 12.8. The lowest BCUT2D eigenvalue weighted by Gasteiger charge is -2.45. The van der Waals surface area contributed by atoms with Crippen LogP contribution in [0.5, 0.6) is 0 Å². The van der Waals surface area contributed by atoms with Crippen LogP contribution in [0.2, 0.25) is 0 Å². The third kappa shape index (κ3) is 5.74. The molecule has 0 saturated carbocycles. The maximum Gasteiger partial charge on any atom is 0.193 e. The molecule has 4 aliphatic rings. The highest BCUT2D eigenvalue weighted by molar-refractivity contribution is 6.09. The Bertz CT molecular complexity index is 3380. The lowest BCUT2D eigenvalue weighted by Crippen LogP contribution is -2.39. The quantitative estimate of drug-likeness (QED) is 0.142. The van der Waals surface area contributed by atoms with E-state index in [1.165, 1.54) is 72.3 Å². The molecule has 13 rings (SSSR count). The zero-order valence-corrected chi connectivity index (χ0v) is 38.0. The van der Waals surface area contributed by atoms with Crippen molar-refractivity contribution in [1.29, 1.82) is 0 Å². The van der Waals surface area contributed by atoms with Gasteiger partial charge in [0.25, 0.3) is 0 Å². The molecule has 0 fully saturated rings. The number of aryl methyl sites for hydroxylation is 2. The highest BCUT2D eigenvalue weighted by Gasteiger charge is 2.53. The van der Waals surface area contributed by atoms with E-state index in [1.807, 2.05) is 24.3 Å². The molecule has 0 bridgehead atoms. The van der Waals surface area contributed by atoms with Gasteiger partial charge in [0.05, 0.1) is 22.2 Å². The Labute approximate surface area is 399 Å². The van der Waals surface area contributed by atoms with Gasteiger partial charge in [0.15, 0.2) is 5.78 Å². The molecule has 324 valence electrons. The summed E-state index contributed by atoms with van der Waals surface area (Å²) in [5, 5.41) is 0. The summed E-state index contributed by atoms with van der Waals surface area (Å²) in [6.07, 6.45) is 11.0. The van der Waals surface area contributed by atoms with Crippen LogP contribution in [-0.2, 0) is 23.7 Å². The first kappa shape index (κ1) is 40.2. The Kier molecular flexibility index (Phi) is 9.34. The van der Waals surface area contributed by atoms with E-state index < -0.39 is 5.41 Å². The van der Waals surface area contributed by atoms with Gasteiger partial charge in [-0.2, -0.15) is 0 Å². The number of rotatable bonds is 8. The fourth-order valence-electron chi connectivity index (χ4n) is 12.8. The predicted molar refractivity (Wildman–Crippen MR) is 278 cm³/mol. The van der Waals surface area contributed by atoms with Crippen molar-refractivity contribution in [1.82, 2.24) is 0 Å². The molecule has 2 nitrogen and oxygen atoms in total. The van der Waals surface area contributed by atoms with Gasteiger partial charge in [-0.05, 0) is 127 Å². The van der Waals surface area contributed by atoms with Crippen LogP contribution in [-0.4, -0.2) is 5.78 Å². The molecule has 0 radical (unpaired) electrons. The summed E-state index contributed by atoms with van der Waals surface area (Å²) < 4.78 is 0. The first-order chi connectivity index (χ1) is 33.6. The number of para-hydroxylation sites is 2. The Morgan fingerprint density at radius 2 is 0.853 bits per heavy atom. The van der Waals surface area contributed by atoms with E-state index in [4.69, 9.17) is 0 Å². The summed E-state index contributed by atoms with van der Waals surface area (Å²) >= 11 is 0. The maximum atomic E-state index is 14.2. The molecular formula is C66H49NO. The minimum atomic E-state index is -0.456. The van der Waals surface area contributed by atoms with Crippen LogP contribution in [0.1, 0.15) is 72.9 Å². The predicted octanol–water partition coefficient (Wildman–Crippen LogP) is 15.5. The molecule has 3 aliphatic carbocycles. The standard InChI is InChI=1S/C66H49NO/c1-44-18-2-8-24-54(44)65(56-26-10-4-20-50(56)51-21-5-11-27-57(51)65)55-25-9-3-19-46(55)37-34-45-35-38-47(39-36-45)64(68)48-40-42-49(43-41-48)67-62-32-16-14-30-60(62)66(61-31-15-17-33-63(61)67)58-28-12-6-22-52(58)53-23-7-13-29-59(53)66/h2-33,35-36,38-44,54H,34,37H2,1H3. The number of anilines is 3. The average molecular weight is 872 g/mol. The number of allylic oxidation sites excluding steroid dienone is 4. The van der Waals surface area contributed by atoms with Gasteiger partial charge in [-0.1, -0.05) is 213 Å². The number of hydrogen-bond donors (Lipinski definition) is 0. The molecule has 2 heteroatoms. The zero-order chi connectivity index (χ0) is 45.4. The van der Waals surface area contributed by atoms with Crippen molar-refractivity contribution in [3.63, 3.8) is 0 Å². The lowest BCUT2D eigenvalue weighted by atomic mass is 9.59. The summed E-state index contributed by atoms with van der Waals surface area (Å²) in [6, 6.07) is 79.3. The third-order valence-corrected chi connectivity index (χ3v) is 15.7. The second kappa shape index (κ2) is 15.8. The first-order valence-electron chi connectivity index (χ1n) is 24.1. The minimum Gasteiger partial charge on any atom is -0.310 e. The van der Waals surface area contributed by atoms with Crippen LogP contribution < -0.4 is 4.90 Å². The van der Waals surface area contributed by atoms with Gasteiger partial charge in [-0.3, -0.25) is 4.79 Å². The van der Waals surface area contributed by atoms with E-state index in [0.717, 1.165) is 29.9 Å². The van der Waals surface area contributed by atoms with Crippen LogP contribution in [0.25, 0.3) is 22.3 Å². The van der Waals surface area contributed by atoms with Crippen LogP contribution >= 0.6 is 0 Å². The van der Waals surface area contributed by atoms with E-state index in [9.17, 15) is 4.79 Å². The Balaban J connectivity index is 0.793. The molecule has 1 spiro atoms. The van der Waals surface area contributed by atoms with Crippen LogP contribution in [0, 0.1) is 11.8 Å². The fraction of sp³-hybridized carbons (Fsp3) is 0.106. The molecule has 0 aromatic heterocycles. The van der Waals surface area contributed by atoms with Crippen molar-refractivity contribution in [3.05, 3.63) is 304 Å². The molecule has 0 amide bonds.